The molecule has 0 aromatic rings. The van der Waals surface area contributed by atoms with Crippen molar-refractivity contribution in [3.8, 4) is 0 Å². The summed E-state index contributed by atoms with van der Waals surface area (Å²) < 4.78 is 9.92. The highest BCUT2D eigenvalue weighted by atomic mass is 16.5. The van der Waals surface area contributed by atoms with Crippen LogP contribution in [0.15, 0.2) is 0 Å². The molecular weight excluding hydrogens is 344 g/mol. The summed E-state index contributed by atoms with van der Waals surface area (Å²) in [5, 5.41) is 5.86. The van der Waals surface area contributed by atoms with Gasteiger partial charge in [-0.15, -0.1) is 0 Å². The third-order valence-electron chi connectivity index (χ3n) is 4.58. The van der Waals surface area contributed by atoms with Crippen LogP contribution in [0, 0.1) is 5.92 Å². The van der Waals surface area contributed by atoms with Crippen LogP contribution in [-0.2, 0) is 19.1 Å². The number of unbranched alkanes of at least 4 members (excludes halogenated alkanes) is 5. The van der Waals surface area contributed by atoms with Gasteiger partial charge in [0.2, 0.25) is 11.8 Å². The zero-order valence-electron chi connectivity index (χ0n) is 17.8. The summed E-state index contributed by atoms with van der Waals surface area (Å²) in [6.07, 6.45) is 11.0. The maximum Gasteiger partial charge on any atom is 0.220 e. The van der Waals surface area contributed by atoms with E-state index >= 15 is 0 Å². The second-order valence-corrected chi connectivity index (χ2v) is 7.36. The Labute approximate surface area is 166 Å². The number of hydrogen-bond donors (Lipinski definition) is 2. The Morgan fingerprint density at radius 3 is 1.85 bits per heavy atom. The Balaban J connectivity index is 3.38. The molecule has 1 unspecified atom stereocenters. The number of rotatable bonds is 19. The summed E-state index contributed by atoms with van der Waals surface area (Å²) in [4.78, 5) is 23.4. The highest BCUT2D eigenvalue weighted by Gasteiger charge is 2.08. The fourth-order valence-electron chi connectivity index (χ4n) is 2.95. The van der Waals surface area contributed by atoms with E-state index in [1.54, 1.807) is 14.2 Å². The highest BCUT2D eigenvalue weighted by molar-refractivity contribution is 5.76. The molecule has 0 heterocycles. The Kier molecular flexibility index (Phi) is 18.8. The second kappa shape index (κ2) is 19.6. The lowest BCUT2D eigenvalue weighted by molar-refractivity contribution is -0.122. The van der Waals surface area contributed by atoms with E-state index in [0.717, 1.165) is 32.1 Å². The highest BCUT2D eigenvalue weighted by Crippen LogP contribution is 2.15. The molecule has 0 saturated carbocycles. The number of nitrogens with one attached hydrogen (secondary N) is 2. The summed E-state index contributed by atoms with van der Waals surface area (Å²) in [5.41, 5.74) is 0. The Morgan fingerprint density at radius 1 is 0.741 bits per heavy atom. The van der Waals surface area contributed by atoms with Crippen molar-refractivity contribution in [3.63, 3.8) is 0 Å². The SMILES string of the molecule is COCCCNC(=O)CCCCCCCCC(C)CC(=O)NCCCOC. The summed E-state index contributed by atoms with van der Waals surface area (Å²) in [6.45, 7) is 4.94. The van der Waals surface area contributed by atoms with Crippen molar-refractivity contribution in [2.24, 2.45) is 5.92 Å². The van der Waals surface area contributed by atoms with E-state index < -0.39 is 0 Å². The number of hydrogen-bond acceptors (Lipinski definition) is 4. The first-order chi connectivity index (χ1) is 13.1. The van der Waals surface area contributed by atoms with Gasteiger partial charge in [0.25, 0.3) is 0 Å². The van der Waals surface area contributed by atoms with Crippen LogP contribution in [0.5, 0.6) is 0 Å². The van der Waals surface area contributed by atoms with E-state index in [2.05, 4.69) is 17.6 Å². The Morgan fingerprint density at radius 2 is 1.26 bits per heavy atom. The van der Waals surface area contributed by atoms with E-state index in [4.69, 9.17) is 9.47 Å². The molecule has 0 rings (SSSR count). The maximum atomic E-state index is 11.8. The van der Waals surface area contributed by atoms with Crippen molar-refractivity contribution in [2.75, 3.05) is 40.5 Å². The lowest BCUT2D eigenvalue weighted by Gasteiger charge is -2.11. The smallest absolute Gasteiger partial charge is 0.220 e. The zero-order valence-corrected chi connectivity index (χ0v) is 17.8. The molecule has 27 heavy (non-hydrogen) atoms. The van der Waals surface area contributed by atoms with Gasteiger partial charge in [-0.25, -0.2) is 0 Å². The van der Waals surface area contributed by atoms with Gasteiger partial charge in [-0.3, -0.25) is 9.59 Å². The molecule has 0 aromatic carbocycles. The van der Waals surface area contributed by atoms with Crippen LogP contribution in [0.2, 0.25) is 0 Å². The Bertz CT molecular complexity index is 364. The molecule has 2 amide bonds. The van der Waals surface area contributed by atoms with Gasteiger partial charge in [0.1, 0.15) is 0 Å². The van der Waals surface area contributed by atoms with Gasteiger partial charge in [-0.05, 0) is 25.2 Å². The molecule has 0 saturated heterocycles. The topological polar surface area (TPSA) is 76.7 Å². The van der Waals surface area contributed by atoms with Gasteiger partial charge >= 0.3 is 0 Å². The molecule has 160 valence electrons. The fraction of sp³-hybridized carbons (Fsp3) is 0.905. The van der Waals surface area contributed by atoms with Crippen LogP contribution in [-0.4, -0.2) is 52.3 Å². The van der Waals surface area contributed by atoms with E-state index in [9.17, 15) is 9.59 Å². The van der Waals surface area contributed by atoms with Crippen LogP contribution in [0.4, 0.5) is 0 Å². The average molecular weight is 387 g/mol. The lowest BCUT2D eigenvalue weighted by Crippen LogP contribution is -2.26. The standard InChI is InChI=1S/C21H42N2O4/c1-19(18-21(25)23-15-11-17-27-3)12-8-6-4-5-7-9-13-20(24)22-14-10-16-26-2/h19H,4-18H2,1-3H3,(H,22,24)(H,23,25). The normalized spacial score (nSPS) is 12.0. The molecule has 0 aliphatic rings. The molecule has 0 fully saturated rings. The molecule has 0 bridgehead atoms. The van der Waals surface area contributed by atoms with Crippen molar-refractivity contribution in [2.45, 2.75) is 77.6 Å². The van der Waals surface area contributed by atoms with Crippen LogP contribution >= 0.6 is 0 Å². The second-order valence-electron chi connectivity index (χ2n) is 7.36. The van der Waals surface area contributed by atoms with Crippen LogP contribution < -0.4 is 10.6 Å². The molecule has 6 nitrogen and oxygen atoms in total. The van der Waals surface area contributed by atoms with Gasteiger partial charge in [-0.1, -0.05) is 45.4 Å². The lowest BCUT2D eigenvalue weighted by atomic mass is 9.98. The summed E-state index contributed by atoms with van der Waals surface area (Å²) >= 11 is 0. The minimum Gasteiger partial charge on any atom is -0.385 e. The maximum absolute atomic E-state index is 11.8. The predicted molar refractivity (Wildman–Crippen MR) is 110 cm³/mol. The number of methoxy groups -OCH3 is 2. The van der Waals surface area contributed by atoms with E-state index in [-0.39, 0.29) is 11.8 Å². The van der Waals surface area contributed by atoms with Gasteiger partial charge in [0.05, 0.1) is 0 Å². The van der Waals surface area contributed by atoms with Gasteiger partial charge < -0.3 is 20.1 Å². The van der Waals surface area contributed by atoms with Crippen molar-refractivity contribution in [1.29, 1.82) is 0 Å². The third-order valence-corrected chi connectivity index (χ3v) is 4.58. The summed E-state index contributed by atoms with van der Waals surface area (Å²) in [6, 6.07) is 0. The molecule has 6 heteroatoms. The molecule has 1 atom stereocenters. The average Bonchev–Trinajstić information content (AvgIpc) is 2.64. The molecule has 0 aliphatic carbocycles. The number of carbonyl (C=O) groups is 2. The first-order valence-electron chi connectivity index (χ1n) is 10.6. The summed E-state index contributed by atoms with van der Waals surface area (Å²) in [5.74, 6) is 0.744. The van der Waals surface area contributed by atoms with Crippen molar-refractivity contribution < 1.29 is 19.1 Å². The largest absolute Gasteiger partial charge is 0.385 e. The van der Waals surface area contributed by atoms with E-state index in [0.29, 0.717) is 45.1 Å². The van der Waals surface area contributed by atoms with Crippen molar-refractivity contribution in [3.05, 3.63) is 0 Å². The molecule has 0 spiro atoms. The van der Waals surface area contributed by atoms with Crippen molar-refractivity contribution >= 4 is 11.8 Å². The molecule has 2 N–H and O–H groups in total. The van der Waals surface area contributed by atoms with Gasteiger partial charge in [0, 0.05) is 53.4 Å². The van der Waals surface area contributed by atoms with Crippen LogP contribution in [0.3, 0.4) is 0 Å². The number of carbonyl (C=O) groups excluding carboxylic acids is 2. The predicted octanol–water partition coefficient (Wildman–Crippen LogP) is 3.44. The molecule has 0 aromatic heterocycles. The zero-order chi connectivity index (χ0) is 20.2. The van der Waals surface area contributed by atoms with Crippen LogP contribution in [0.25, 0.3) is 0 Å². The van der Waals surface area contributed by atoms with E-state index in [1.165, 1.54) is 25.7 Å². The molecular formula is C21H42N2O4. The van der Waals surface area contributed by atoms with E-state index in [1.807, 2.05) is 0 Å². The number of ether oxygens (including phenoxy) is 2. The fourth-order valence-corrected chi connectivity index (χ4v) is 2.95. The van der Waals surface area contributed by atoms with Crippen molar-refractivity contribution in [1.82, 2.24) is 10.6 Å². The molecule has 0 radical (unpaired) electrons. The first kappa shape index (κ1) is 25.9. The quantitative estimate of drug-likeness (QED) is 0.333. The van der Waals surface area contributed by atoms with Gasteiger partial charge in [-0.2, -0.15) is 0 Å². The van der Waals surface area contributed by atoms with Gasteiger partial charge in [0.15, 0.2) is 0 Å². The monoisotopic (exact) mass is 386 g/mol. The first-order valence-corrected chi connectivity index (χ1v) is 10.6. The number of amides is 2. The van der Waals surface area contributed by atoms with Crippen LogP contribution in [0.1, 0.15) is 77.6 Å². The molecule has 0 aliphatic heterocycles. The third kappa shape index (κ3) is 19.4. The minimum absolute atomic E-state index is 0.152. The summed E-state index contributed by atoms with van der Waals surface area (Å²) in [7, 11) is 3.34. The minimum atomic E-state index is 0.152. The Hall–Kier alpha value is -1.14.